The zero-order valence-corrected chi connectivity index (χ0v) is 10.8. The van der Waals surface area contributed by atoms with Crippen LogP contribution in [0.5, 0.6) is 5.75 Å². The minimum atomic E-state index is -0.337. The van der Waals surface area contributed by atoms with E-state index in [1.54, 1.807) is 7.11 Å². The van der Waals surface area contributed by atoms with E-state index in [0.29, 0.717) is 0 Å². The van der Waals surface area contributed by atoms with Crippen molar-refractivity contribution in [1.29, 1.82) is 0 Å². The molecule has 0 atom stereocenters. The van der Waals surface area contributed by atoms with Gasteiger partial charge in [-0.3, -0.25) is 4.79 Å². The molecule has 1 aliphatic carbocycles. The molecule has 1 N–H and O–H groups in total. The molecule has 0 radical (unpaired) electrons. The topological polar surface area (TPSA) is 41.6 Å². The van der Waals surface area contributed by atoms with Gasteiger partial charge in [0.2, 0.25) is 5.91 Å². The highest BCUT2D eigenvalue weighted by atomic mass is 16.5. The van der Waals surface area contributed by atoms with Crippen molar-refractivity contribution in [1.82, 2.24) is 0 Å². The maximum atomic E-state index is 12.3. The van der Waals surface area contributed by atoms with E-state index in [9.17, 15) is 4.79 Å². The van der Waals surface area contributed by atoms with E-state index in [2.05, 4.69) is 17.1 Å². The van der Waals surface area contributed by atoms with Crippen LogP contribution in [0.2, 0.25) is 0 Å². The molecule has 0 unspecified atom stereocenters. The van der Waals surface area contributed by atoms with E-state index < -0.39 is 0 Å². The first-order valence-corrected chi connectivity index (χ1v) is 6.49. The molecule has 0 aromatic heterocycles. The van der Waals surface area contributed by atoms with Gasteiger partial charge in [0.05, 0.1) is 12.8 Å². The second-order valence-electron chi connectivity index (χ2n) is 4.94. The highest BCUT2D eigenvalue weighted by Crippen LogP contribution is 2.49. The van der Waals surface area contributed by atoms with Crippen LogP contribution >= 0.6 is 0 Å². The number of fused-ring (bicyclic) bond motifs is 1. The Hall–Kier alpha value is -1.71. The van der Waals surface area contributed by atoms with Crippen molar-refractivity contribution in [3.8, 4) is 5.75 Å². The predicted molar refractivity (Wildman–Crippen MR) is 71.2 cm³/mol. The van der Waals surface area contributed by atoms with Crippen molar-refractivity contribution in [2.24, 2.45) is 0 Å². The van der Waals surface area contributed by atoms with Crippen LogP contribution < -0.4 is 15.0 Å². The van der Waals surface area contributed by atoms with Crippen LogP contribution in [-0.4, -0.2) is 25.1 Å². The Balaban J connectivity index is 2.16. The van der Waals surface area contributed by atoms with Gasteiger partial charge in [-0.25, -0.2) is 0 Å². The summed E-state index contributed by atoms with van der Waals surface area (Å²) >= 11 is 0. The van der Waals surface area contributed by atoms with Gasteiger partial charge in [-0.1, -0.05) is 6.07 Å². The number of para-hydroxylation sites is 1. The SMILES string of the molecule is CCN1c2c(cccc2OC)NC(=O)C12CCC2. The van der Waals surface area contributed by atoms with E-state index in [4.69, 9.17) is 4.74 Å². The number of methoxy groups -OCH3 is 1. The molecule has 0 bridgehead atoms. The second-order valence-corrected chi connectivity index (χ2v) is 4.94. The Morgan fingerprint density at radius 1 is 1.44 bits per heavy atom. The van der Waals surface area contributed by atoms with E-state index in [0.717, 1.165) is 42.9 Å². The number of rotatable bonds is 2. The van der Waals surface area contributed by atoms with Gasteiger partial charge in [0.25, 0.3) is 0 Å². The Morgan fingerprint density at radius 3 is 2.78 bits per heavy atom. The minimum absolute atomic E-state index is 0.136. The highest BCUT2D eigenvalue weighted by Gasteiger charge is 2.52. The number of benzene rings is 1. The smallest absolute Gasteiger partial charge is 0.250 e. The van der Waals surface area contributed by atoms with Crippen LogP contribution in [0.15, 0.2) is 18.2 Å². The molecular formula is C14H18N2O2. The van der Waals surface area contributed by atoms with E-state index in [1.807, 2.05) is 18.2 Å². The molecule has 1 amide bonds. The monoisotopic (exact) mass is 246 g/mol. The van der Waals surface area contributed by atoms with E-state index in [1.165, 1.54) is 0 Å². The molecule has 96 valence electrons. The Bertz CT molecular complexity index is 495. The number of anilines is 2. The Morgan fingerprint density at radius 2 is 2.22 bits per heavy atom. The summed E-state index contributed by atoms with van der Waals surface area (Å²) in [6.07, 6.45) is 2.99. The molecule has 1 spiro atoms. The normalized spacial score (nSPS) is 20.1. The summed E-state index contributed by atoms with van der Waals surface area (Å²) in [7, 11) is 1.67. The number of hydrogen-bond acceptors (Lipinski definition) is 3. The first-order chi connectivity index (χ1) is 8.73. The van der Waals surface area contributed by atoms with Crippen LogP contribution in [0, 0.1) is 0 Å². The largest absolute Gasteiger partial charge is 0.495 e. The quantitative estimate of drug-likeness (QED) is 0.871. The first-order valence-electron chi connectivity index (χ1n) is 6.49. The lowest BCUT2D eigenvalue weighted by atomic mass is 9.73. The molecule has 1 aromatic carbocycles. The lowest BCUT2D eigenvalue weighted by molar-refractivity contribution is -0.124. The maximum absolute atomic E-state index is 12.3. The third kappa shape index (κ3) is 1.29. The third-order valence-electron chi connectivity index (χ3n) is 4.17. The summed E-state index contributed by atoms with van der Waals surface area (Å²) in [5, 5.41) is 3.03. The van der Waals surface area contributed by atoms with Crippen molar-refractivity contribution in [3.05, 3.63) is 18.2 Å². The van der Waals surface area contributed by atoms with Gasteiger partial charge in [0, 0.05) is 6.54 Å². The third-order valence-corrected chi connectivity index (χ3v) is 4.17. The molecule has 0 saturated heterocycles. The number of ether oxygens (including phenoxy) is 1. The molecule has 1 aliphatic heterocycles. The highest BCUT2D eigenvalue weighted by molar-refractivity contribution is 6.08. The second kappa shape index (κ2) is 3.90. The summed E-state index contributed by atoms with van der Waals surface area (Å²) in [4.78, 5) is 14.5. The molecule has 3 rings (SSSR count). The van der Waals surface area contributed by atoms with Crippen LogP contribution in [-0.2, 0) is 4.79 Å². The van der Waals surface area contributed by atoms with Gasteiger partial charge >= 0.3 is 0 Å². The summed E-state index contributed by atoms with van der Waals surface area (Å²) in [6, 6.07) is 5.79. The van der Waals surface area contributed by atoms with Crippen molar-refractivity contribution < 1.29 is 9.53 Å². The average Bonchev–Trinajstić information content (AvgIpc) is 2.33. The molecule has 1 fully saturated rings. The average molecular weight is 246 g/mol. The maximum Gasteiger partial charge on any atom is 0.250 e. The van der Waals surface area contributed by atoms with Crippen molar-refractivity contribution in [3.63, 3.8) is 0 Å². The standard InChI is InChI=1S/C14H18N2O2/c1-3-16-12-10(6-4-7-11(12)18-2)15-13(17)14(16)8-5-9-14/h4,6-7H,3,5,8-9H2,1-2H3,(H,15,17). The van der Waals surface area contributed by atoms with Gasteiger partial charge in [-0.05, 0) is 38.3 Å². The predicted octanol–water partition coefficient (Wildman–Crippen LogP) is 2.40. The number of carbonyl (C=O) groups excluding carboxylic acids is 1. The molecule has 2 aliphatic rings. The zero-order valence-electron chi connectivity index (χ0n) is 10.8. The van der Waals surface area contributed by atoms with Crippen molar-refractivity contribution in [2.75, 3.05) is 23.9 Å². The van der Waals surface area contributed by atoms with Gasteiger partial charge < -0.3 is 15.0 Å². The lowest BCUT2D eigenvalue weighted by Crippen LogP contribution is -2.63. The van der Waals surface area contributed by atoms with Crippen molar-refractivity contribution in [2.45, 2.75) is 31.7 Å². The summed E-state index contributed by atoms with van der Waals surface area (Å²) in [5.74, 6) is 0.969. The minimum Gasteiger partial charge on any atom is -0.495 e. The fraction of sp³-hybridized carbons (Fsp3) is 0.500. The van der Waals surface area contributed by atoms with Crippen LogP contribution in [0.4, 0.5) is 11.4 Å². The number of amides is 1. The van der Waals surface area contributed by atoms with Gasteiger partial charge in [0.1, 0.15) is 17.0 Å². The van der Waals surface area contributed by atoms with Gasteiger partial charge in [-0.2, -0.15) is 0 Å². The Kier molecular flexibility index (Phi) is 2.47. The number of hydrogen-bond donors (Lipinski definition) is 1. The van der Waals surface area contributed by atoms with E-state index in [-0.39, 0.29) is 11.4 Å². The summed E-state index contributed by atoms with van der Waals surface area (Å²) in [5.41, 5.74) is 1.55. The fourth-order valence-electron chi connectivity index (χ4n) is 3.11. The zero-order chi connectivity index (χ0) is 12.8. The fourth-order valence-corrected chi connectivity index (χ4v) is 3.11. The molecule has 1 heterocycles. The summed E-state index contributed by atoms with van der Waals surface area (Å²) in [6.45, 7) is 2.91. The van der Waals surface area contributed by atoms with Gasteiger partial charge in [0.15, 0.2) is 0 Å². The molecule has 4 nitrogen and oxygen atoms in total. The molecule has 1 saturated carbocycles. The molecule has 4 heteroatoms. The Labute approximate surface area is 107 Å². The van der Waals surface area contributed by atoms with Crippen molar-refractivity contribution >= 4 is 17.3 Å². The molecular weight excluding hydrogens is 228 g/mol. The number of likely N-dealkylation sites (N-methyl/N-ethyl adjacent to an activating group) is 1. The van der Waals surface area contributed by atoms with E-state index >= 15 is 0 Å². The first kappa shape index (κ1) is 11.4. The number of carbonyl (C=O) groups is 1. The lowest BCUT2D eigenvalue weighted by Gasteiger charge is -2.52. The van der Waals surface area contributed by atoms with Crippen LogP contribution in [0.3, 0.4) is 0 Å². The number of nitrogens with zero attached hydrogens (tertiary/aromatic N) is 1. The van der Waals surface area contributed by atoms with Crippen LogP contribution in [0.25, 0.3) is 0 Å². The van der Waals surface area contributed by atoms with Gasteiger partial charge in [-0.15, -0.1) is 0 Å². The number of nitrogens with one attached hydrogen (secondary N) is 1. The molecule has 18 heavy (non-hydrogen) atoms. The van der Waals surface area contributed by atoms with Crippen LogP contribution in [0.1, 0.15) is 26.2 Å². The molecule has 1 aromatic rings. The summed E-state index contributed by atoms with van der Waals surface area (Å²) < 4.78 is 5.45.